The first-order valence-corrected chi connectivity index (χ1v) is 6.99. The second-order valence-corrected chi connectivity index (χ2v) is 5.27. The maximum absolute atomic E-state index is 12.1. The van der Waals surface area contributed by atoms with Gasteiger partial charge in [0.25, 0.3) is 11.5 Å². The summed E-state index contributed by atoms with van der Waals surface area (Å²) in [5, 5.41) is 29.6. The molecule has 1 aliphatic heterocycles. The number of H-pyrrole nitrogens is 1. The van der Waals surface area contributed by atoms with Crippen molar-refractivity contribution in [3.05, 3.63) is 33.1 Å². The van der Waals surface area contributed by atoms with Crippen LogP contribution in [0.15, 0.2) is 21.9 Å². The maximum atomic E-state index is 12.1. The normalized spacial score (nSPS) is 32.1. The van der Waals surface area contributed by atoms with Gasteiger partial charge in [0, 0.05) is 19.4 Å². The Bertz CT molecular complexity index is 643. The number of aromatic nitrogens is 2. The molecule has 0 aromatic carbocycles. The zero-order chi connectivity index (χ0) is 17.2. The van der Waals surface area contributed by atoms with Crippen LogP contribution in [0.4, 0.5) is 0 Å². The summed E-state index contributed by atoms with van der Waals surface area (Å²) in [5.74, 6) is -2.11. The highest BCUT2D eigenvalue weighted by atomic mass is 16.8. The molecule has 10 nitrogen and oxygen atoms in total. The highest BCUT2D eigenvalue weighted by Gasteiger charge is 2.58. The number of aliphatic hydroxyl groups excluding tert-OH is 3. The number of hydrogen-bond donors (Lipinski definition) is 4. The van der Waals surface area contributed by atoms with Crippen LogP contribution in [0.3, 0.4) is 0 Å². The first kappa shape index (κ1) is 17.8. The van der Waals surface area contributed by atoms with Crippen LogP contribution in [0.5, 0.6) is 0 Å². The average molecular weight is 332 g/mol. The third kappa shape index (κ3) is 3.22. The van der Waals surface area contributed by atoms with Crippen LogP contribution in [0.2, 0.25) is 0 Å². The molecule has 2 heterocycles. The van der Waals surface area contributed by atoms with Gasteiger partial charge < -0.3 is 29.5 Å². The Labute approximate surface area is 130 Å². The number of hydrogen-bond acceptors (Lipinski definition) is 8. The van der Waals surface area contributed by atoms with Gasteiger partial charge in [0.15, 0.2) is 6.10 Å². The molecule has 0 aliphatic carbocycles. The number of methoxy groups -OCH3 is 1. The summed E-state index contributed by atoms with van der Waals surface area (Å²) in [6.07, 6.45) is -3.89. The molecular formula is C13H20N2O8. The van der Waals surface area contributed by atoms with Crippen LogP contribution in [-0.2, 0) is 20.1 Å². The van der Waals surface area contributed by atoms with Crippen LogP contribution in [0.1, 0.15) is 6.92 Å². The van der Waals surface area contributed by atoms with Crippen LogP contribution in [-0.4, -0.2) is 69.6 Å². The molecule has 130 valence electrons. The van der Waals surface area contributed by atoms with E-state index in [1.54, 1.807) is 6.92 Å². The highest BCUT2D eigenvalue weighted by molar-refractivity contribution is 4.98. The zero-order valence-electron chi connectivity index (χ0n) is 12.7. The monoisotopic (exact) mass is 332 g/mol. The van der Waals surface area contributed by atoms with Gasteiger partial charge in [0.1, 0.15) is 12.2 Å². The SMILES string of the molecule is COCC(C)O[C@@]1(n2ccc(=O)[nH]c2=O)O[C@H](CO)[C@@H](O)[C@H]1O. The molecule has 0 bridgehead atoms. The van der Waals surface area contributed by atoms with Crippen LogP contribution in [0, 0.1) is 0 Å². The predicted molar refractivity (Wildman–Crippen MR) is 75.7 cm³/mol. The number of ether oxygens (including phenoxy) is 3. The quantitative estimate of drug-likeness (QED) is 0.441. The molecule has 23 heavy (non-hydrogen) atoms. The minimum absolute atomic E-state index is 0.121. The lowest BCUT2D eigenvalue weighted by Gasteiger charge is -2.35. The summed E-state index contributed by atoms with van der Waals surface area (Å²) in [7, 11) is 1.44. The Morgan fingerprint density at radius 3 is 2.70 bits per heavy atom. The second kappa shape index (κ2) is 6.91. The van der Waals surface area contributed by atoms with E-state index in [2.05, 4.69) is 0 Å². The molecular weight excluding hydrogens is 312 g/mol. The highest BCUT2D eigenvalue weighted by Crippen LogP contribution is 2.36. The van der Waals surface area contributed by atoms with Gasteiger partial charge in [-0.05, 0) is 6.92 Å². The molecule has 0 amide bonds. The van der Waals surface area contributed by atoms with E-state index < -0.39 is 48.2 Å². The molecule has 1 aliphatic rings. The maximum Gasteiger partial charge on any atom is 0.332 e. The van der Waals surface area contributed by atoms with Crippen molar-refractivity contribution in [3.63, 3.8) is 0 Å². The van der Waals surface area contributed by atoms with E-state index in [4.69, 9.17) is 14.2 Å². The Hall–Kier alpha value is -1.56. The van der Waals surface area contributed by atoms with Gasteiger partial charge in [0.05, 0.1) is 19.3 Å². The molecule has 1 fully saturated rings. The van der Waals surface area contributed by atoms with Gasteiger partial charge in [-0.25, -0.2) is 9.36 Å². The topological polar surface area (TPSA) is 143 Å². The number of nitrogens with zero attached hydrogens (tertiary/aromatic N) is 1. The van der Waals surface area contributed by atoms with Crippen molar-refractivity contribution in [3.8, 4) is 0 Å². The van der Waals surface area contributed by atoms with Crippen molar-refractivity contribution in [1.82, 2.24) is 9.55 Å². The van der Waals surface area contributed by atoms with Gasteiger partial charge in [-0.15, -0.1) is 0 Å². The number of aliphatic hydroxyl groups is 3. The summed E-state index contributed by atoms with van der Waals surface area (Å²) >= 11 is 0. The molecule has 5 atom stereocenters. The van der Waals surface area contributed by atoms with E-state index >= 15 is 0 Å². The van der Waals surface area contributed by atoms with Crippen LogP contribution in [0.25, 0.3) is 0 Å². The lowest BCUT2D eigenvalue weighted by Crippen LogP contribution is -2.54. The summed E-state index contributed by atoms with van der Waals surface area (Å²) in [6.45, 7) is 1.13. The van der Waals surface area contributed by atoms with Crippen molar-refractivity contribution in [2.24, 2.45) is 0 Å². The lowest BCUT2D eigenvalue weighted by atomic mass is 10.1. The molecule has 1 unspecified atom stereocenters. The minimum Gasteiger partial charge on any atom is -0.394 e. The van der Waals surface area contributed by atoms with Gasteiger partial charge >= 0.3 is 5.69 Å². The van der Waals surface area contributed by atoms with Gasteiger partial charge in [-0.2, -0.15) is 0 Å². The summed E-state index contributed by atoms with van der Waals surface area (Å²) < 4.78 is 16.9. The third-order valence-corrected chi connectivity index (χ3v) is 3.51. The van der Waals surface area contributed by atoms with Crippen LogP contribution >= 0.6 is 0 Å². The summed E-state index contributed by atoms with van der Waals surface area (Å²) in [4.78, 5) is 25.3. The molecule has 0 spiro atoms. The minimum atomic E-state index is -2.11. The van der Waals surface area contributed by atoms with Gasteiger partial charge in [-0.3, -0.25) is 9.78 Å². The predicted octanol–water partition coefficient (Wildman–Crippen LogP) is -2.69. The Kier molecular flexibility index (Phi) is 5.34. The van der Waals surface area contributed by atoms with Crippen molar-refractivity contribution in [1.29, 1.82) is 0 Å². The average Bonchev–Trinajstić information content (AvgIpc) is 2.73. The van der Waals surface area contributed by atoms with E-state index in [0.717, 1.165) is 16.8 Å². The first-order chi connectivity index (χ1) is 10.9. The van der Waals surface area contributed by atoms with E-state index in [0.29, 0.717) is 0 Å². The number of nitrogens with one attached hydrogen (secondary N) is 1. The van der Waals surface area contributed by atoms with E-state index in [1.807, 2.05) is 4.98 Å². The number of aromatic amines is 1. The second-order valence-electron chi connectivity index (χ2n) is 5.27. The van der Waals surface area contributed by atoms with E-state index in [-0.39, 0.29) is 6.61 Å². The molecule has 4 N–H and O–H groups in total. The lowest BCUT2D eigenvalue weighted by molar-refractivity contribution is -0.336. The Balaban J connectivity index is 2.52. The molecule has 2 rings (SSSR count). The fourth-order valence-electron chi connectivity index (χ4n) is 2.49. The molecule has 1 aromatic heterocycles. The van der Waals surface area contributed by atoms with Crippen molar-refractivity contribution >= 4 is 0 Å². The Morgan fingerprint density at radius 2 is 2.17 bits per heavy atom. The standard InChI is InChI=1S/C13H20N2O8/c1-7(6-21-2)22-13(11(19)10(18)8(5-16)23-13)15-4-3-9(17)14-12(15)20/h3-4,7-8,10-11,16,18-19H,5-6H2,1-2H3,(H,14,17,20)/t7?,8-,10-,11-,13-/m1/s1. The Morgan fingerprint density at radius 1 is 1.48 bits per heavy atom. The first-order valence-electron chi connectivity index (χ1n) is 6.99. The number of rotatable bonds is 6. The fraction of sp³-hybridized carbons (Fsp3) is 0.692. The molecule has 0 saturated carbocycles. The fourth-order valence-corrected chi connectivity index (χ4v) is 2.49. The van der Waals surface area contributed by atoms with Gasteiger partial charge in [-0.1, -0.05) is 0 Å². The smallest absolute Gasteiger partial charge is 0.332 e. The summed E-state index contributed by atoms with van der Waals surface area (Å²) in [6, 6.07) is 1.04. The zero-order valence-corrected chi connectivity index (χ0v) is 12.7. The van der Waals surface area contributed by atoms with Crippen LogP contribution < -0.4 is 11.2 Å². The summed E-state index contributed by atoms with van der Waals surface area (Å²) in [5.41, 5.74) is -1.54. The van der Waals surface area contributed by atoms with Gasteiger partial charge in [0.2, 0.25) is 0 Å². The molecule has 10 heteroatoms. The molecule has 1 aromatic rings. The molecule has 0 radical (unpaired) electrons. The van der Waals surface area contributed by atoms with E-state index in [9.17, 15) is 24.9 Å². The largest absolute Gasteiger partial charge is 0.394 e. The van der Waals surface area contributed by atoms with Crippen molar-refractivity contribution < 1.29 is 29.5 Å². The molecule has 1 saturated heterocycles. The van der Waals surface area contributed by atoms with Crippen molar-refractivity contribution in [2.75, 3.05) is 20.3 Å². The third-order valence-electron chi connectivity index (χ3n) is 3.51. The van der Waals surface area contributed by atoms with Crippen molar-refractivity contribution in [2.45, 2.75) is 37.3 Å². The van der Waals surface area contributed by atoms with E-state index in [1.165, 1.54) is 7.11 Å².